The third-order valence-electron chi connectivity index (χ3n) is 5.22. The van der Waals surface area contributed by atoms with Crippen LogP contribution in [0.15, 0.2) is 66.9 Å². The van der Waals surface area contributed by atoms with Crippen LogP contribution in [0.4, 0.5) is 5.13 Å². The van der Waals surface area contributed by atoms with Crippen LogP contribution in [0.3, 0.4) is 0 Å². The number of carbonyl (C=O) groups excluding carboxylic acids is 1. The largest absolute Gasteiger partial charge is 0.494 e. The number of ether oxygens (including phenoxy) is 1. The fraction of sp³-hybridized carbons (Fsp3) is 0.269. The summed E-state index contributed by atoms with van der Waals surface area (Å²) in [6.07, 6.45) is 4.75. The molecule has 0 aliphatic heterocycles. The molecular formula is C26H27N3O2S. The number of anilines is 1. The second kappa shape index (κ2) is 10.4. The summed E-state index contributed by atoms with van der Waals surface area (Å²) in [7, 11) is 0. The quantitative estimate of drug-likeness (QED) is 0.285. The number of hydrogen-bond donors (Lipinski definition) is 0. The summed E-state index contributed by atoms with van der Waals surface area (Å²) >= 11 is 1.53. The van der Waals surface area contributed by atoms with Gasteiger partial charge in [-0.25, -0.2) is 4.98 Å². The molecule has 0 unspecified atom stereocenters. The molecule has 0 saturated carbocycles. The standard InChI is InChI=1S/C26H27N3O2S/c1-3-5-15-31-22-11-8-9-20(17-22)25(30)29(18-21-10-6-7-14-27-21)26-28-23-13-12-19(4-2)16-24(23)32-26/h6-14,16-17H,3-5,15,18H2,1-2H3. The zero-order valence-electron chi connectivity index (χ0n) is 18.5. The van der Waals surface area contributed by atoms with Crippen molar-refractivity contribution in [3.63, 3.8) is 0 Å². The molecule has 2 heterocycles. The van der Waals surface area contributed by atoms with Gasteiger partial charge in [-0.05, 0) is 60.9 Å². The van der Waals surface area contributed by atoms with Crippen molar-refractivity contribution in [1.29, 1.82) is 0 Å². The van der Waals surface area contributed by atoms with E-state index in [1.807, 2.05) is 48.5 Å². The zero-order valence-corrected chi connectivity index (χ0v) is 19.3. The van der Waals surface area contributed by atoms with E-state index in [-0.39, 0.29) is 5.91 Å². The van der Waals surface area contributed by atoms with Crippen molar-refractivity contribution in [3.05, 3.63) is 83.7 Å². The van der Waals surface area contributed by atoms with Crippen molar-refractivity contribution in [1.82, 2.24) is 9.97 Å². The molecule has 4 rings (SSSR count). The number of unbranched alkanes of at least 4 members (excludes halogenated alkanes) is 1. The van der Waals surface area contributed by atoms with Gasteiger partial charge in [0, 0.05) is 11.8 Å². The molecule has 0 saturated heterocycles. The minimum atomic E-state index is -0.119. The van der Waals surface area contributed by atoms with Crippen molar-refractivity contribution in [3.8, 4) is 5.75 Å². The fourth-order valence-electron chi connectivity index (χ4n) is 3.38. The zero-order chi connectivity index (χ0) is 22.3. The first-order valence-electron chi connectivity index (χ1n) is 11.0. The molecule has 0 aliphatic rings. The molecule has 4 aromatic rings. The molecule has 0 bridgehead atoms. The van der Waals surface area contributed by atoms with Gasteiger partial charge in [0.1, 0.15) is 5.75 Å². The third kappa shape index (κ3) is 5.14. The lowest BCUT2D eigenvalue weighted by atomic mass is 10.2. The van der Waals surface area contributed by atoms with Crippen molar-refractivity contribution in [2.45, 2.75) is 39.7 Å². The molecule has 0 atom stereocenters. The van der Waals surface area contributed by atoms with E-state index in [0.717, 1.165) is 35.2 Å². The highest BCUT2D eigenvalue weighted by Gasteiger charge is 2.23. The van der Waals surface area contributed by atoms with Crippen molar-refractivity contribution < 1.29 is 9.53 Å². The van der Waals surface area contributed by atoms with Gasteiger partial charge in [0.15, 0.2) is 5.13 Å². The van der Waals surface area contributed by atoms with E-state index in [9.17, 15) is 4.79 Å². The SMILES string of the molecule is CCCCOc1cccc(C(=O)N(Cc2ccccn2)c2nc3ccc(CC)cc3s2)c1. The summed E-state index contributed by atoms with van der Waals surface area (Å²) in [6, 6.07) is 19.4. The highest BCUT2D eigenvalue weighted by Crippen LogP contribution is 2.32. The van der Waals surface area contributed by atoms with E-state index in [1.165, 1.54) is 16.9 Å². The topological polar surface area (TPSA) is 55.3 Å². The van der Waals surface area contributed by atoms with Crippen molar-refractivity contribution in [2.75, 3.05) is 11.5 Å². The molecule has 0 N–H and O–H groups in total. The van der Waals surface area contributed by atoms with Crippen LogP contribution >= 0.6 is 11.3 Å². The highest BCUT2D eigenvalue weighted by atomic mass is 32.1. The number of rotatable bonds is 9. The summed E-state index contributed by atoms with van der Waals surface area (Å²) in [5, 5.41) is 0.668. The van der Waals surface area contributed by atoms with Crippen LogP contribution in [0.2, 0.25) is 0 Å². The highest BCUT2D eigenvalue weighted by molar-refractivity contribution is 7.22. The number of carbonyl (C=O) groups is 1. The Morgan fingerprint density at radius 2 is 1.97 bits per heavy atom. The van der Waals surface area contributed by atoms with Crippen LogP contribution in [0.1, 0.15) is 48.3 Å². The van der Waals surface area contributed by atoms with Gasteiger partial charge in [-0.2, -0.15) is 0 Å². The second-order valence-electron chi connectivity index (χ2n) is 7.59. The van der Waals surface area contributed by atoms with Gasteiger partial charge in [-0.15, -0.1) is 0 Å². The molecule has 0 aliphatic carbocycles. The van der Waals surface area contributed by atoms with E-state index in [0.29, 0.717) is 29.6 Å². The van der Waals surface area contributed by atoms with Crippen LogP contribution in [0.25, 0.3) is 10.2 Å². The van der Waals surface area contributed by atoms with Gasteiger partial charge in [-0.3, -0.25) is 14.7 Å². The number of benzene rings is 2. The first-order chi connectivity index (χ1) is 15.7. The number of aromatic nitrogens is 2. The minimum Gasteiger partial charge on any atom is -0.494 e. The Bertz CT molecular complexity index is 1190. The van der Waals surface area contributed by atoms with E-state index in [2.05, 4.69) is 31.0 Å². The lowest BCUT2D eigenvalue weighted by molar-refractivity contribution is 0.0984. The molecule has 164 valence electrons. The Morgan fingerprint density at radius 1 is 1.06 bits per heavy atom. The van der Waals surface area contributed by atoms with E-state index in [4.69, 9.17) is 9.72 Å². The average Bonchev–Trinajstić information content (AvgIpc) is 3.26. The number of hydrogen-bond acceptors (Lipinski definition) is 5. The van der Waals surface area contributed by atoms with Gasteiger partial charge in [0.25, 0.3) is 5.91 Å². The van der Waals surface area contributed by atoms with Gasteiger partial charge < -0.3 is 4.74 Å². The molecule has 6 heteroatoms. The molecule has 1 amide bonds. The number of amides is 1. The Morgan fingerprint density at radius 3 is 2.75 bits per heavy atom. The van der Waals surface area contributed by atoms with Crippen LogP contribution in [-0.2, 0) is 13.0 Å². The predicted molar refractivity (Wildman–Crippen MR) is 131 cm³/mol. The first kappa shape index (κ1) is 22.0. The molecule has 2 aromatic heterocycles. The van der Waals surface area contributed by atoms with Gasteiger partial charge in [0.2, 0.25) is 0 Å². The Kier molecular flexibility index (Phi) is 7.12. The molecule has 32 heavy (non-hydrogen) atoms. The summed E-state index contributed by atoms with van der Waals surface area (Å²) in [4.78, 5) is 24.6. The number of nitrogens with zero attached hydrogens (tertiary/aromatic N) is 3. The Balaban J connectivity index is 1.68. The monoisotopic (exact) mass is 445 g/mol. The lowest BCUT2D eigenvalue weighted by Crippen LogP contribution is -2.30. The maximum absolute atomic E-state index is 13.6. The number of thiazole rings is 1. The maximum Gasteiger partial charge on any atom is 0.260 e. The van der Waals surface area contributed by atoms with Crippen molar-refractivity contribution >= 4 is 32.6 Å². The number of aryl methyl sites for hydroxylation is 1. The second-order valence-corrected chi connectivity index (χ2v) is 8.60. The lowest BCUT2D eigenvalue weighted by Gasteiger charge is -2.20. The third-order valence-corrected chi connectivity index (χ3v) is 6.26. The molecule has 0 fully saturated rings. The van der Waals surface area contributed by atoms with Crippen LogP contribution in [-0.4, -0.2) is 22.5 Å². The number of pyridine rings is 1. The summed E-state index contributed by atoms with van der Waals surface area (Å²) < 4.78 is 6.90. The molecule has 0 spiro atoms. The van der Waals surface area contributed by atoms with Gasteiger partial charge in [0.05, 0.1) is 29.1 Å². The summed E-state index contributed by atoms with van der Waals surface area (Å²) in [5.74, 6) is 0.588. The van der Waals surface area contributed by atoms with Crippen LogP contribution in [0.5, 0.6) is 5.75 Å². The minimum absolute atomic E-state index is 0.119. The van der Waals surface area contributed by atoms with Crippen LogP contribution in [0, 0.1) is 0 Å². The fourth-order valence-corrected chi connectivity index (χ4v) is 4.41. The van der Waals surface area contributed by atoms with Crippen LogP contribution < -0.4 is 9.64 Å². The average molecular weight is 446 g/mol. The smallest absolute Gasteiger partial charge is 0.260 e. The Labute approximate surface area is 192 Å². The summed E-state index contributed by atoms with van der Waals surface area (Å²) in [5.41, 5.74) is 3.54. The van der Waals surface area contributed by atoms with E-state index >= 15 is 0 Å². The van der Waals surface area contributed by atoms with E-state index in [1.54, 1.807) is 11.1 Å². The maximum atomic E-state index is 13.6. The Hall–Kier alpha value is -3.25. The first-order valence-corrected chi connectivity index (χ1v) is 11.8. The molecule has 0 radical (unpaired) electrons. The molecule has 2 aromatic carbocycles. The molecular weight excluding hydrogens is 418 g/mol. The number of fused-ring (bicyclic) bond motifs is 1. The van der Waals surface area contributed by atoms with Crippen molar-refractivity contribution in [2.24, 2.45) is 0 Å². The van der Waals surface area contributed by atoms with Gasteiger partial charge in [-0.1, -0.05) is 49.8 Å². The normalized spacial score (nSPS) is 10.9. The van der Waals surface area contributed by atoms with Gasteiger partial charge >= 0.3 is 0 Å². The molecule has 5 nitrogen and oxygen atoms in total. The van der Waals surface area contributed by atoms with E-state index < -0.39 is 0 Å². The predicted octanol–water partition coefficient (Wildman–Crippen LogP) is 6.28. The summed E-state index contributed by atoms with van der Waals surface area (Å²) in [6.45, 7) is 5.25.